The molecule has 2 rings (SSSR count). The third kappa shape index (κ3) is 2.97. The highest BCUT2D eigenvalue weighted by atomic mass is 35.5. The van der Waals surface area contributed by atoms with Crippen LogP contribution >= 0.6 is 11.6 Å². The minimum absolute atomic E-state index is 0.0365. The number of nitro groups is 1. The largest absolute Gasteiger partial charge is 0.506 e. The minimum atomic E-state index is -0.612. The molecule has 0 amide bonds. The highest BCUT2D eigenvalue weighted by Crippen LogP contribution is 2.29. The summed E-state index contributed by atoms with van der Waals surface area (Å²) in [5.41, 5.74) is 0.248. The third-order valence-electron chi connectivity index (χ3n) is 2.69. The van der Waals surface area contributed by atoms with Crippen LogP contribution in [0, 0.1) is 15.9 Å². The van der Waals surface area contributed by atoms with Crippen molar-refractivity contribution in [3.63, 3.8) is 0 Å². The zero-order valence-electron chi connectivity index (χ0n) is 10.1. The zero-order valence-corrected chi connectivity index (χ0v) is 10.9. The monoisotopic (exact) mass is 296 g/mol. The predicted octanol–water partition coefficient (Wildman–Crippen LogP) is 3.71. The maximum atomic E-state index is 13.1. The standard InChI is InChI=1S/C13H10ClFN2O3/c14-10-3-1-2-8(13(10)18)7-16-11-6-9(15)4-5-12(11)17(19)20/h1-6,16,18H,7H2. The van der Waals surface area contributed by atoms with E-state index in [-0.39, 0.29) is 28.7 Å². The molecule has 2 aromatic carbocycles. The first kappa shape index (κ1) is 14.1. The Morgan fingerprint density at radius 1 is 1.35 bits per heavy atom. The fraction of sp³-hybridized carbons (Fsp3) is 0.0769. The smallest absolute Gasteiger partial charge is 0.292 e. The van der Waals surface area contributed by atoms with E-state index in [2.05, 4.69) is 5.32 Å². The van der Waals surface area contributed by atoms with Crippen molar-refractivity contribution in [2.24, 2.45) is 0 Å². The molecule has 0 heterocycles. The quantitative estimate of drug-likeness (QED) is 0.666. The normalized spacial score (nSPS) is 10.3. The maximum absolute atomic E-state index is 13.1. The summed E-state index contributed by atoms with van der Waals surface area (Å²) in [5.74, 6) is -0.700. The molecule has 0 saturated heterocycles. The van der Waals surface area contributed by atoms with Gasteiger partial charge in [0.05, 0.1) is 9.95 Å². The number of rotatable bonds is 4. The molecule has 0 unspecified atom stereocenters. The maximum Gasteiger partial charge on any atom is 0.292 e. The van der Waals surface area contributed by atoms with E-state index < -0.39 is 10.7 Å². The van der Waals surface area contributed by atoms with Crippen molar-refractivity contribution in [1.82, 2.24) is 0 Å². The average Bonchev–Trinajstić information content (AvgIpc) is 2.40. The SMILES string of the molecule is O=[N+]([O-])c1ccc(F)cc1NCc1cccc(Cl)c1O. The number of hydrogen-bond acceptors (Lipinski definition) is 4. The fourth-order valence-electron chi connectivity index (χ4n) is 1.70. The topological polar surface area (TPSA) is 75.4 Å². The van der Waals surface area contributed by atoms with Crippen molar-refractivity contribution < 1.29 is 14.4 Å². The number of para-hydroxylation sites is 1. The van der Waals surface area contributed by atoms with Gasteiger partial charge in [-0.2, -0.15) is 0 Å². The summed E-state index contributed by atoms with van der Waals surface area (Å²) < 4.78 is 13.1. The van der Waals surface area contributed by atoms with Gasteiger partial charge < -0.3 is 10.4 Å². The van der Waals surface area contributed by atoms with Gasteiger partial charge in [-0.25, -0.2) is 4.39 Å². The highest BCUT2D eigenvalue weighted by Gasteiger charge is 2.15. The van der Waals surface area contributed by atoms with Crippen LogP contribution in [0.15, 0.2) is 36.4 Å². The van der Waals surface area contributed by atoms with Crippen LogP contribution < -0.4 is 5.32 Å². The summed E-state index contributed by atoms with van der Waals surface area (Å²) in [4.78, 5) is 10.2. The van der Waals surface area contributed by atoms with E-state index in [0.717, 1.165) is 18.2 Å². The fourth-order valence-corrected chi connectivity index (χ4v) is 1.90. The van der Waals surface area contributed by atoms with E-state index >= 15 is 0 Å². The number of anilines is 1. The van der Waals surface area contributed by atoms with Gasteiger partial charge in [0.2, 0.25) is 0 Å². The molecule has 104 valence electrons. The van der Waals surface area contributed by atoms with Gasteiger partial charge in [-0.05, 0) is 12.1 Å². The summed E-state index contributed by atoms with van der Waals surface area (Å²) in [6.07, 6.45) is 0. The minimum Gasteiger partial charge on any atom is -0.506 e. The van der Waals surface area contributed by atoms with Crippen LogP contribution in [0.5, 0.6) is 5.75 Å². The van der Waals surface area contributed by atoms with Gasteiger partial charge in [0, 0.05) is 24.2 Å². The van der Waals surface area contributed by atoms with Crippen LogP contribution in [0.2, 0.25) is 5.02 Å². The first-order valence-electron chi connectivity index (χ1n) is 5.63. The molecule has 0 atom stereocenters. The van der Waals surface area contributed by atoms with Crippen LogP contribution in [0.1, 0.15) is 5.56 Å². The van der Waals surface area contributed by atoms with Crippen molar-refractivity contribution >= 4 is 23.0 Å². The van der Waals surface area contributed by atoms with Crippen LogP contribution in [-0.2, 0) is 6.54 Å². The number of nitrogens with one attached hydrogen (secondary N) is 1. The van der Waals surface area contributed by atoms with E-state index in [1.165, 1.54) is 6.07 Å². The molecule has 7 heteroatoms. The van der Waals surface area contributed by atoms with Gasteiger partial charge in [-0.3, -0.25) is 10.1 Å². The zero-order chi connectivity index (χ0) is 14.7. The summed E-state index contributed by atoms with van der Waals surface area (Å²) in [6.45, 7) is 0.0800. The Labute approximate surface area is 118 Å². The Morgan fingerprint density at radius 3 is 2.80 bits per heavy atom. The van der Waals surface area contributed by atoms with Crippen molar-refractivity contribution in [3.8, 4) is 5.75 Å². The van der Waals surface area contributed by atoms with Crippen LogP contribution in [0.25, 0.3) is 0 Å². The van der Waals surface area contributed by atoms with Gasteiger partial charge >= 0.3 is 0 Å². The van der Waals surface area contributed by atoms with E-state index in [1.54, 1.807) is 12.1 Å². The lowest BCUT2D eigenvalue weighted by Gasteiger charge is -2.09. The van der Waals surface area contributed by atoms with Crippen molar-refractivity contribution in [2.45, 2.75) is 6.54 Å². The molecule has 0 aromatic heterocycles. The number of phenolic OH excluding ortho intramolecular Hbond substituents is 1. The second-order valence-corrected chi connectivity index (χ2v) is 4.43. The number of hydrogen-bond donors (Lipinski definition) is 2. The van der Waals surface area contributed by atoms with Gasteiger partial charge in [-0.1, -0.05) is 23.7 Å². The molecule has 0 bridgehead atoms. The Bertz CT molecular complexity index is 664. The second-order valence-electron chi connectivity index (χ2n) is 4.02. The lowest BCUT2D eigenvalue weighted by Crippen LogP contribution is -2.03. The molecule has 0 radical (unpaired) electrons. The van der Waals surface area contributed by atoms with Crippen LogP contribution in [-0.4, -0.2) is 10.0 Å². The first-order chi connectivity index (χ1) is 9.49. The molecule has 0 spiro atoms. The molecule has 0 aliphatic heterocycles. The average molecular weight is 297 g/mol. The third-order valence-corrected chi connectivity index (χ3v) is 3.00. The molecule has 0 aliphatic carbocycles. The molecule has 0 fully saturated rings. The molecule has 2 N–H and O–H groups in total. The van der Waals surface area contributed by atoms with Gasteiger partial charge in [0.25, 0.3) is 5.69 Å². The summed E-state index contributed by atoms with van der Waals surface area (Å²) >= 11 is 5.76. The van der Waals surface area contributed by atoms with E-state index in [9.17, 15) is 19.6 Å². The van der Waals surface area contributed by atoms with E-state index in [0.29, 0.717) is 5.56 Å². The lowest BCUT2D eigenvalue weighted by molar-refractivity contribution is -0.384. The van der Waals surface area contributed by atoms with E-state index in [1.807, 2.05) is 0 Å². The number of benzene rings is 2. The molecular weight excluding hydrogens is 287 g/mol. The summed E-state index contributed by atoms with van der Waals surface area (Å²) in [6, 6.07) is 7.89. The molecule has 20 heavy (non-hydrogen) atoms. The number of nitrogens with zero attached hydrogens (tertiary/aromatic N) is 1. The summed E-state index contributed by atoms with van der Waals surface area (Å²) in [7, 11) is 0. The van der Waals surface area contributed by atoms with Gasteiger partial charge in [-0.15, -0.1) is 0 Å². The Hall–Kier alpha value is -2.34. The number of phenols is 1. The van der Waals surface area contributed by atoms with Gasteiger partial charge in [0.15, 0.2) is 0 Å². The molecule has 0 saturated carbocycles. The Morgan fingerprint density at radius 2 is 2.10 bits per heavy atom. The van der Waals surface area contributed by atoms with Crippen LogP contribution in [0.3, 0.4) is 0 Å². The predicted molar refractivity (Wildman–Crippen MR) is 73.5 cm³/mol. The van der Waals surface area contributed by atoms with Gasteiger partial charge in [0.1, 0.15) is 17.3 Å². The highest BCUT2D eigenvalue weighted by molar-refractivity contribution is 6.32. The lowest BCUT2D eigenvalue weighted by atomic mass is 10.2. The number of nitro benzene ring substituents is 1. The number of halogens is 2. The molecule has 2 aromatic rings. The van der Waals surface area contributed by atoms with Crippen molar-refractivity contribution in [2.75, 3.05) is 5.32 Å². The Balaban J connectivity index is 2.24. The van der Waals surface area contributed by atoms with Crippen molar-refractivity contribution in [1.29, 1.82) is 0 Å². The second kappa shape index (κ2) is 5.75. The first-order valence-corrected chi connectivity index (χ1v) is 6.01. The van der Waals surface area contributed by atoms with Crippen LogP contribution in [0.4, 0.5) is 15.8 Å². The van der Waals surface area contributed by atoms with E-state index in [4.69, 9.17) is 11.6 Å². The van der Waals surface area contributed by atoms with Crippen molar-refractivity contribution in [3.05, 3.63) is 62.9 Å². The molecular formula is C13H10ClFN2O3. The summed E-state index contributed by atoms with van der Waals surface area (Å²) in [5, 5.41) is 23.5. The molecule has 5 nitrogen and oxygen atoms in total. The number of aromatic hydroxyl groups is 1. The molecule has 0 aliphatic rings. The Kier molecular flexibility index (Phi) is 4.05.